The Bertz CT molecular complexity index is 384. The Balaban J connectivity index is 0.000000336. The van der Waals surface area contributed by atoms with Crippen LogP contribution < -0.4 is 11.5 Å². The minimum absolute atomic E-state index is 0.812. The molecule has 1 rings (SSSR count). The van der Waals surface area contributed by atoms with Gasteiger partial charge < -0.3 is 11.5 Å². The molecule has 6 N–H and O–H groups in total. The zero-order valence-corrected chi connectivity index (χ0v) is 9.25. The lowest BCUT2D eigenvalue weighted by atomic mass is 10.1. The van der Waals surface area contributed by atoms with Crippen molar-refractivity contribution in [3.05, 3.63) is 23.3 Å². The molecule has 0 saturated carbocycles. The first-order valence-electron chi connectivity index (χ1n) is 3.93. The van der Waals surface area contributed by atoms with Crippen LogP contribution in [0.1, 0.15) is 11.1 Å². The fraction of sp³-hybridized carbons (Fsp3) is 0.250. The van der Waals surface area contributed by atoms with Gasteiger partial charge in [-0.2, -0.15) is 8.42 Å². The summed E-state index contributed by atoms with van der Waals surface area (Å²) >= 11 is 0. The summed E-state index contributed by atoms with van der Waals surface area (Å²) in [6.45, 7) is 3.90. The Morgan fingerprint density at radius 1 is 1.00 bits per heavy atom. The Labute approximate surface area is 88.5 Å². The van der Waals surface area contributed by atoms with Crippen LogP contribution in [0.15, 0.2) is 12.1 Å². The highest BCUT2D eigenvalue weighted by Crippen LogP contribution is 2.18. The fourth-order valence-corrected chi connectivity index (χ4v) is 0.861. The topological polar surface area (TPSA) is 127 Å². The summed E-state index contributed by atoms with van der Waals surface area (Å²) in [5.41, 5.74) is 15.0. The van der Waals surface area contributed by atoms with Gasteiger partial charge in [-0.05, 0) is 37.1 Å². The molecule has 15 heavy (non-hydrogen) atoms. The minimum Gasteiger partial charge on any atom is -0.399 e. The van der Waals surface area contributed by atoms with Crippen molar-refractivity contribution in [2.45, 2.75) is 13.8 Å². The van der Waals surface area contributed by atoms with E-state index in [1.165, 1.54) is 0 Å². The van der Waals surface area contributed by atoms with Crippen LogP contribution in [0.2, 0.25) is 0 Å². The lowest BCUT2D eigenvalue weighted by Crippen LogP contribution is -1.95. The summed E-state index contributed by atoms with van der Waals surface area (Å²) in [5, 5.41) is 0. The largest absolute Gasteiger partial charge is 0.399 e. The van der Waals surface area contributed by atoms with Crippen molar-refractivity contribution in [3.63, 3.8) is 0 Å². The molecule has 86 valence electrons. The lowest BCUT2D eigenvalue weighted by Gasteiger charge is -2.03. The van der Waals surface area contributed by atoms with E-state index in [-0.39, 0.29) is 0 Å². The van der Waals surface area contributed by atoms with Crippen molar-refractivity contribution in [2.24, 2.45) is 0 Å². The van der Waals surface area contributed by atoms with E-state index in [4.69, 9.17) is 29.0 Å². The summed E-state index contributed by atoms with van der Waals surface area (Å²) < 4.78 is 31.6. The third-order valence-electron chi connectivity index (χ3n) is 1.65. The molecule has 0 amide bonds. The maximum atomic E-state index is 8.74. The maximum Gasteiger partial charge on any atom is 0.394 e. The number of aryl methyl sites for hydroxylation is 2. The average molecular weight is 234 g/mol. The first kappa shape index (κ1) is 13.7. The second-order valence-electron chi connectivity index (χ2n) is 3.01. The minimum atomic E-state index is -4.67. The molecule has 0 aliphatic rings. The Morgan fingerprint density at radius 3 is 1.40 bits per heavy atom. The molecule has 0 fully saturated rings. The highest BCUT2D eigenvalue weighted by atomic mass is 32.3. The molecule has 0 saturated heterocycles. The Kier molecular flexibility index (Phi) is 4.53. The first-order chi connectivity index (χ1) is 6.61. The average Bonchev–Trinajstić information content (AvgIpc) is 1.98. The quantitative estimate of drug-likeness (QED) is 0.388. The zero-order valence-electron chi connectivity index (χ0n) is 8.43. The van der Waals surface area contributed by atoms with Crippen LogP contribution in [0.4, 0.5) is 11.4 Å². The maximum absolute atomic E-state index is 8.74. The second-order valence-corrected chi connectivity index (χ2v) is 3.91. The van der Waals surface area contributed by atoms with E-state index < -0.39 is 10.4 Å². The third kappa shape index (κ3) is 6.72. The normalized spacial score (nSPS) is 10.4. The van der Waals surface area contributed by atoms with Crippen molar-refractivity contribution in [2.75, 3.05) is 11.5 Å². The number of anilines is 2. The molecule has 0 radical (unpaired) electrons. The van der Waals surface area contributed by atoms with E-state index in [0.717, 1.165) is 22.5 Å². The SMILES string of the molecule is Cc1cc(N)c(C)cc1N.O=S(=O)(O)O. The number of hydrogen-bond donors (Lipinski definition) is 4. The van der Waals surface area contributed by atoms with Crippen LogP contribution in [0.3, 0.4) is 0 Å². The van der Waals surface area contributed by atoms with E-state index in [2.05, 4.69) is 0 Å². The molecule has 1 aromatic carbocycles. The lowest BCUT2D eigenvalue weighted by molar-refractivity contribution is 0.381. The van der Waals surface area contributed by atoms with Crippen molar-refractivity contribution in [1.29, 1.82) is 0 Å². The van der Waals surface area contributed by atoms with Gasteiger partial charge in [0.25, 0.3) is 0 Å². The molecular weight excluding hydrogens is 220 g/mol. The molecule has 0 spiro atoms. The number of nitrogen functional groups attached to an aromatic ring is 2. The number of hydrogen-bond acceptors (Lipinski definition) is 4. The van der Waals surface area contributed by atoms with Crippen molar-refractivity contribution in [3.8, 4) is 0 Å². The Hall–Kier alpha value is -1.31. The molecular formula is C8H14N2O4S. The zero-order chi connectivity index (χ0) is 12.2. The third-order valence-corrected chi connectivity index (χ3v) is 1.65. The number of nitrogens with two attached hydrogens (primary N) is 2. The summed E-state index contributed by atoms with van der Waals surface area (Å²) in [5.74, 6) is 0. The summed E-state index contributed by atoms with van der Waals surface area (Å²) in [7, 11) is -4.67. The molecule has 0 aromatic heterocycles. The standard InChI is InChI=1S/C8H12N2.H2O4S/c1-5-3-8(10)6(2)4-7(5)9;1-5(2,3)4/h3-4H,9-10H2,1-2H3;(H2,1,2,3,4). The Morgan fingerprint density at radius 2 is 1.20 bits per heavy atom. The molecule has 0 aliphatic heterocycles. The van der Waals surface area contributed by atoms with Crippen LogP contribution in [-0.4, -0.2) is 17.5 Å². The molecule has 0 heterocycles. The van der Waals surface area contributed by atoms with Gasteiger partial charge in [0.2, 0.25) is 0 Å². The smallest absolute Gasteiger partial charge is 0.394 e. The summed E-state index contributed by atoms with van der Waals surface area (Å²) in [6.07, 6.45) is 0. The molecule has 0 unspecified atom stereocenters. The van der Waals surface area contributed by atoms with Crippen LogP contribution in [0.25, 0.3) is 0 Å². The molecule has 0 aliphatic carbocycles. The predicted molar refractivity (Wildman–Crippen MR) is 58.9 cm³/mol. The molecule has 7 heteroatoms. The first-order valence-corrected chi connectivity index (χ1v) is 5.33. The van der Waals surface area contributed by atoms with E-state index in [9.17, 15) is 0 Å². The highest BCUT2D eigenvalue weighted by Gasteiger charge is 1.96. The van der Waals surface area contributed by atoms with E-state index in [0.29, 0.717) is 0 Å². The monoisotopic (exact) mass is 234 g/mol. The highest BCUT2D eigenvalue weighted by molar-refractivity contribution is 7.79. The predicted octanol–water partition coefficient (Wildman–Crippen LogP) is 0.815. The van der Waals surface area contributed by atoms with Crippen LogP contribution in [0.5, 0.6) is 0 Å². The van der Waals surface area contributed by atoms with E-state index >= 15 is 0 Å². The van der Waals surface area contributed by atoms with Crippen molar-refractivity contribution >= 4 is 21.8 Å². The van der Waals surface area contributed by atoms with Gasteiger partial charge in [-0.3, -0.25) is 9.11 Å². The molecule has 6 nitrogen and oxygen atoms in total. The fourth-order valence-electron chi connectivity index (χ4n) is 0.861. The molecule has 1 aromatic rings. The van der Waals surface area contributed by atoms with Gasteiger partial charge in [0, 0.05) is 11.4 Å². The van der Waals surface area contributed by atoms with Gasteiger partial charge in [-0.25, -0.2) is 0 Å². The summed E-state index contributed by atoms with van der Waals surface area (Å²) in [4.78, 5) is 0. The van der Waals surface area contributed by atoms with E-state index in [1.807, 2.05) is 26.0 Å². The summed E-state index contributed by atoms with van der Waals surface area (Å²) in [6, 6.07) is 3.79. The van der Waals surface area contributed by atoms with Crippen LogP contribution >= 0.6 is 0 Å². The van der Waals surface area contributed by atoms with Gasteiger partial charge in [-0.15, -0.1) is 0 Å². The number of benzene rings is 1. The second kappa shape index (κ2) is 4.96. The van der Waals surface area contributed by atoms with Crippen molar-refractivity contribution in [1.82, 2.24) is 0 Å². The number of rotatable bonds is 0. The molecule has 0 atom stereocenters. The van der Waals surface area contributed by atoms with Gasteiger partial charge in [0.05, 0.1) is 0 Å². The van der Waals surface area contributed by atoms with Gasteiger partial charge >= 0.3 is 10.4 Å². The van der Waals surface area contributed by atoms with Crippen LogP contribution in [0, 0.1) is 13.8 Å². The van der Waals surface area contributed by atoms with E-state index in [1.54, 1.807) is 0 Å². The van der Waals surface area contributed by atoms with Gasteiger partial charge in [0.1, 0.15) is 0 Å². The van der Waals surface area contributed by atoms with Crippen molar-refractivity contribution < 1.29 is 17.5 Å². The van der Waals surface area contributed by atoms with Gasteiger partial charge in [-0.1, -0.05) is 0 Å². The molecule has 0 bridgehead atoms. The van der Waals surface area contributed by atoms with Gasteiger partial charge in [0.15, 0.2) is 0 Å². The van der Waals surface area contributed by atoms with Crippen LogP contribution in [-0.2, 0) is 10.4 Å².